The van der Waals surface area contributed by atoms with Gasteiger partial charge in [-0.1, -0.05) is 0 Å². The maximum Gasteiger partial charge on any atom is 0.251 e. The van der Waals surface area contributed by atoms with Crippen LogP contribution in [0, 0.1) is 110 Å². The van der Waals surface area contributed by atoms with E-state index < -0.39 is 0 Å². The number of hydrogen-bond acceptors (Lipinski definition) is 0. The molecule has 0 aromatic rings. The van der Waals surface area contributed by atoms with Crippen molar-refractivity contribution in [3.63, 3.8) is 0 Å². The molecule has 0 aromatic heterocycles. The van der Waals surface area contributed by atoms with Gasteiger partial charge in [0, 0.05) is 38.2 Å². The first-order chi connectivity index (χ1) is 6.73. The Morgan fingerprint density at radius 3 is 0.625 bits per heavy atom. The molecule has 0 unspecified atom stereocenters. The van der Waals surface area contributed by atoms with Crippen molar-refractivity contribution in [2.45, 2.75) is 17.4 Å². The molecule has 2 aliphatic carbocycles. The molecule has 0 heterocycles. The maximum atomic E-state index is 2.31. The van der Waals surface area contributed by atoms with Crippen molar-refractivity contribution in [3.05, 3.63) is 71.6 Å². The Balaban J connectivity index is -0.000000151. The molecule has 0 atom stereocenters. The molecule has 0 saturated heterocycles. The van der Waals surface area contributed by atoms with Crippen LogP contribution in [0.2, 0.25) is 17.4 Å². The minimum absolute atomic E-state index is 0. The van der Waals surface area contributed by atoms with Crippen molar-refractivity contribution in [1.29, 1.82) is 0 Å². The van der Waals surface area contributed by atoms with Gasteiger partial charge in [-0.3, -0.25) is 0 Å². The second-order valence-electron chi connectivity index (χ2n) is 3.66. The van der Waals surface area contributed by atoms with E-state index in [1.807, 2.05) is 64.2 Å². The van der Waals surface area contributed by atoms with Crippen molar-refractivity contribution >= 4 is 14.1 Å². The molecule has 0 aliphatic heterocycles. The Labute approximate surface area is 140 Å². The van der Waals surface area contributed by atoms with Crippen LogP contribution in [0.15, 0.2) is 0 Å². The van der Waals surface area contributed by atoms with Gasteiger partial charge >= 0.3 is 0 Å². The van der Waals surface area contributed by atoms with Crippen molar-refractivity contribution in [3.8, 4) is 0 Å². The zero-order valence-electron chi connectivity index (χ0n) is 10.7. The summed E-state index contributed by atoms with van der Waals surface area (Å²) < 4.78 is 0. The second-order valence-corrected chi connectivity index (χ2v) is 7.12. The fourth-order valence-corrected chi connectivity index (χ4v) is 0.642. The summed E-state index contributed by atoms with van der Waals surface area (Å²) in [5.74, 6) is 6.92. The fourth-order valence-electron chi connectivity index (χ4n) is 0.642. The van der Waals surface area contributed by atoms with E-state index in [4.69, 9.17) is 0 Å². The first-order valence-electron chi connectivity index (χ1n) is 5.07. The topological polar surface area (TPSA) is 0 Å². The third kappa shape index (κ3) is 24.9. The minimum atomic E-state index is -0.139. The largest absolute Gasteiger partial charge is 0.358 e. The van der Waals surface area contributed by atoms with Gasteiger partial charge in [-0.15, -0.1) is 17.4 Å². The van der Waals surface area contributed by atoms with E-state index in [1.165, 1.54) is 0 Å². The Bertz CT molecular complexity index is 68.9. The van der Waals surface area contributed by atoms with E-state index in [2.05, 4.69) is 17.4 Å². The third-order valence-electron chi connectivity index (χ3n) is 1.11. The molecule has 16 heavy (non-hydrogen) atoms. The summed E-state index contributed by atoms with van der Waals surface area (Å²) in [7, 11) is 0. The van der Waals surface area contributed by atoms with Crippen molar-refractivity contribution in [1.82, 2.24) is 0 Å². The molecule has 10 radical (unpaired) electrons. The van der Waals surface area contributed by atoms with Gasteiger partial charge in [-0.05, 0) is 64.2 Å². The molecule has 0 spiro atoms. The molecule has 2 saturated carbocycles. The smallest absolute Gasteiger partial charge is 0.251 e. The van der Waals surface area contributed by atoms with Gasteiger partial charge in [0.1, 0.15) is 0 Å². The molecule has 0 bridgehead atoms. The van der Waals surface area contributed by atoms with Gasteiger partial charge in [-0.25, -0.2) is 0 Å². The average molecular weight is 380 g/mol. The molecule has 0 N–H and O–H groups in total. The molecule has 2 rings (SSSR count). The molecular formula is C14H22AlDy-. The van der Waals surface area contributed by atoms with E-state index in [0.717, 1.165) is 0 Å². The van der Waals surface area contributed by atoms with Gasteiger partial charge in [-0.2, -0.15) is 0 Å². The van der Waals surface area contributed by atoms with Crippen molar-refractivity contribution in [2.75, 3.05) is 0 Å². The van der Waals surface area contributed by atoms with Crippen LogP contribution in [0.3, 0.4) is 0 Å². The first-order valence-corrected chi connectivity index (χ1v) is 8.53. The summed E-state index contributed by atoms with van der Waals surface area (Å²) in [5, 5.41) is 0. The van der Waals surface area contributed by atoms with E-state index in [1.54, 1.807) is 0 Å². The predicted octanol–water partition coefficient (Wildman–Crippen LogP) is 3.86. The molecular weight excluding hydrogens is 358 g/mol. The van der Waals surface area contributed by atoms with Gasteiger partial charge < -0.3 is 7.43 Å². The molecule has 0 aromatic carbocycles. The number of hydrogen-bond donors (Lipinski definition) is 0. The van der Waals surface area contributed by atoms with E-state index in [9.17, 15) is 0 Å². The van der Waals surface area contributed by atoms with Crippen LogP contribution in [0.25, 0.3) is 0 Å². The van der Waals surface area contributed by atoms with Crippen LogP contribution in [-0.4, -0.2) is 14.1 Å². The molecule has 0 amide bonds. The maximum absolute atomic E-state index is 2.31. The van der Waals surface area contributed by atoms with Crippen LogP contribution < -0.4 is 0 Å². The van der Waals surface area contributed by atoms with Gasteiger partial charge in [0.05, 0.1) is 0 Å². The quantitative estimate of drug-likeness (QED) is 0.443. The predicted molar refractivity (Wildman–Crippen MR) is 72.8 cm³/mol. The van der Waals surface area contributed by atoms with E-state index in [-0.39, 0.29) is 59.7 Å². The van der Waals surface area contributed by atoms with Crippen molar-refractivity contribution < 1.29 is 38.2 Å². The van der Waals surface area contributed by atoms with Gasteiger partial charge in [0.15, 0.2) is 0 Å². The van der Waals surface area contributed by atoms with Crippen LogP contribution in [0.5, 0.6) is 0 Å². The Morgan fingerprint density at radius 2 is 0.562 bits per heavy atom. The van der Waals surface area contributed by atoms with Crippen LogP contribution >= 0.6 is 0 Å². The van der Waals surface area contributed by atoms with Crippen LogP contribution in [0.1, 0.15) is 0 Å². The van der Waals surface area contributed by atoms with Gasteiger partial charge in [0.25, 0.3) is 14.1 Å². The molecule has 2 heteroatoms. The zero-order valence-corrected chi connectivity index (χ0v) is 13.9. The summed E-state index contributed by atoms with van der Waals surface area (Å²) in [5.41, 5.74) is 0. The monoisotopic (exact) mass is 381 g/mol. The molecule has 2 fully saturated rings. The molecule has 2 aliphatic rings. The minimum Gasteiger partial charge on any atom is -0.358 e. The normalized spacial score (nSPS) is 16.7. The second kappa shape index (κ2) is 19.2. The summed E-state index contributed by atoms with van der Waals surface area (Å²) in [6.07, 6.45) is 20.0. The van der Waals surface area contributed by atoms with Gasteiger partial charge in [0.2, 0.25) is 0 Å². The Hall–Kier alpha value is 1.81. The first kappa shape index (κ1) is 22.9. The fraction of sp³-hybridized carbons (Fsp3) is 0.214. The number of rotatable bonds is 0. The summed E-state index contributed by atoms with van der Waals surface area (Å²) >= 11 is -0.139. The Kier molecular flexibility index (Phi) is 27.5. The average Bonchev–Trinajstić information content (AvgIpc) is 2.83. The standard InChI is InChI=1S/2C5H5.4CH3.Al.Dy/c2*1-2-4-5-3-1;;;;;;/h2*1-5H;4*1H3;;/q;;;;;-1;;. The molecule has 0 nitrogen and oxygen atoms in total. The van der Waals surface area contributed by atoms with Crippen LogP contribution in [0.4, 0.5) is 0 Å². The van der Waals surface area contributed by atoms with Crippen molar-refractivity contribution in [2.24, 2.45) is 0 Å². The SMILES string of the molecule is [CH3-].[CH3][Al]([CH3])[CH3].[CH]1[CH][CH][CH][CH]1.[CH]1[CH][CH][CH][CH]1.[Dy]. The summed E-state index contributed by atoms with van der Waals surface area (Å²) in [4.78, 5) is 0. The molecule has 92 valence electrons. The van der Waals surface area contributed by atoms with E-state index >= 15 is 0 Å². The summed E-state index contributed by atoms with van der Waals surface area (Å²) in [6.45, 7) is 0. The Morgan fingerprint density at radius 1 is 0.500 bits per heavy atom. The third-order valence-corrected chi connectivity index (χ3v) is 1.11. The van der Waals surface area contributed by atoms with E-state index in [0.29, 0.717) is 0 Å². The summed E-state index contributed by atoms with van der Waals surface area (Å²) in [6, 6.07) is 0. The zero-order chi connectivity index (χ0) is 10.6. The van der Waals surface area contributed by atoms with Crippen LogP contribution in [-0.2, 0) is 0 Å².